The van der Waals surface area contributed by atoms with E-state index in [1.54, 1.807) is 55.7 Å². The maximum atomic E-state index is 13.8. The molecule has 0 bridgehead atoms. The summed E-state index contributed by atoms with van der Waals surface area (Å²) in [6.45, 7) is 2.91. The Morgan fingerprint density at radius 2 is 1.68 bits per heavy atom. The Balaban J connectivity index is 1.26. The maximum absolute atomic E-state index is 13.8. The number of methoxy groups -OCH3 is 2. The van der Waals surface area contributed by atoms with Gasteiger partial charge in [0.05, 0.1) is 24.7 Å². The Morgan fingerprint density at radius 1 is 0.955 bits per heavy atom. The number of hydrogen-bond donors (Lipinski definition) is 0. The molecule has 4 heterocycles. The lowest BCUT2D eigenvalue weighted by molar-refractivity contribution is -0.122. The summed E-state index contributed by atoms with van der Waals surface area (Å²) in [5.41, 5.74) is 2.51. The number of anilines is 2. The molecule has 12 heteroatoms. The highest BCUT2D eigenvalue weighted by Gasteiger charge is 2.33. The van der Waals surface area contributed by atoms with Crippen LogP contribution in [-0.2, 0) is 11.2 Å². The van der Waals surface area contributed by atoms with E-state index < -0.39 is 0 Å². The Labute approximate surface area is 263 Å². The smallest absolute Gasteiger partial charge is 0.267 e. The van der Waals surface area contributed by atoms with Crippen LogP contribution in [-0.4, -0.2) is 71.5 Å². The average molecular weight is 632 g/mol. The van der Waals surface area contributed by atoms with E-state index in [1.807, 2.05) is 24.3 Å². The van der Waals surface area contributed by atoms with Gasteiger partial charge in [0.1, 0.15) is 21.6 Å². The van der Waals surface area contributed by atoms with Crippen molar-refractivity contribution in [2.24, 2.45) is 0 Å². The second-order valence-electron chi connectivity index (χ2n) is 10.3. The summed E-state index contributed by atoms with van der Waals surface area (Å²) in [5, 5.41) is 0. The summed E-state index contributed by atoms with van der Waals surface area (Å²) in [4.78, 5) is 38.4. The van der Waals surface area contributed by atoms with Crippen molar-refractivity contribution >= 4 is 57.4 Å². The minimum Gasteiger partial charge on any atom is -0.493 e. The highest BCUT2D eigenvalue weighted by molar-refractivity contribution is 8.26. The van der Waals surface area contributed by atoms with Crippen molar-refractivity contribution in [3.63, 3.8) is 0 Å². The number of aromatic nitrogens is 2. The molecule has 2 saturated heterocycles. The van der Waals surface area contributed by atoms with Crippen molar-refractivity contribution in [1.29, 1.82) is 0 Å². The van der Waals surface area contributed by atoms with Crippen LogP contribution in [0.1, 0.15) is 11.1 Å². The van der Waals surface area contributed by atoms with Crippen LogP contribution in [0.25, 0.3) is 11.7 Å². The van der Waals surface area contributed by atoms with Crippen molar-refractivity contribution in [3.8, 4) is 11.5 Å². The van der Waals surface area contributed by atoms with Gasteiger partial charge in [-0.05, 0) is 66.6 Å². The minimum absolute atomic E-state index is 0.245. The molecule has 2 aromatic carbocycles. The number of thioether (sulfide) groups is 1. The van der Waals surface area contributed by atoms with Crippen molar-refractivity contribution in [2.45, 2.75) is 6.42 Å². The normalized spacial score (nSPS) is 16.3. The quantitative estimate of drug-likeness (QED) is 0.205. The summed E-state index contributed by atoms with van der Waals surface area (Å²) in [7, 11) is 3.17. The van der Waals surface area contributed by atoms with Crippen LogP contribution in [0.4, 0.5) is 15.9 Å². The van der Waals surface area contributed by atoms with Crippen LogP contribution in [0.2, 0.25) is 0 Å². The number of halogens is 1. The number of amides is 1. The molecule has 0 radical (unpaired) electrons. The number of fused-ring (bicyclic) bond motifs is 1. The minimum atomic E-state index is -0.274. The largest absolute Gasteiger partial charge is 0.493 e. The fourth-order valence-corrected chi connectivity index (χ4v) is 6.68. The summed E-state index contributed by atoms with van der Waals surface area (Å²) in [5.74, 6) is 1.25. The van der Waals surface area contributed by atoms with Gasteiger partial charge in [0.15, 0.2) is 11.5 Å². The van der Waals surface area contributed by atoms with E-state index in [2.05, 4.69) is 9.80 Å². The number of nitrogens with zero attached hydrogens (tertiary/aromatic N) is 5. The molecule has 0 spiro atoms. The van der Waals surface area contributed by atoms with Gasteiger partial charge in [0.25, 0.3) is 11.5 Å². The number of thiocarbonyl (C=S) groups is 1. The van der Waals surface area contributed by atoms with Gasteiger partial charge in [-0.2, -0.15) is 0 Å². The van der Waals surface area contributed by atoms with Gasteiger partial charge in [-0.1, -0.05) is 36.1 Å². The number of hydrogen-bond acceptors (Lipinski definition) is 9. The van der Waals surface area contributed by atoms with Crippen LogP contribution in [0.5, 0.6) is 11.5 Å². The zero-order chi connectivity index (χ0) is 30.8. The van der Waals surface area contributed by atoms with Crippen molar-refractivity contribution in [3.05, 3.63) is 99.1 Å². The fraction of sp³-hybridized carbons (Fsp3) is 0.250. The zero-order valence-electron chi connectivity index (χ0n) is 24.2. The van der Waals surface area contributed by atoms with Gasteiger partial charge in [0, 0.05) is 44.6 Å². The molecule has 0 aliphatic carbocycles. The first-order valence-electron chi connectivity index (χ1n) is 14.1. The lowest BCUT2D eigenvalue weighted by atomic mass is 10.1. The number of ether oxygens (including phenoxy) is 2. The lowest BCUT2D eigenvalue weighted by Gasteiger charge is -2.37. The summed E-state index contributed by atoms with van der Waals surface area (Å²) < 4.78 is 26.1. The molecule has 0 N–H and O–H groups in total. The molecule has 2 aliphatic rings. The molecule has 1 amide bonds. The maximum Gasteiger partial charge on any atom is 0.267 e. The van der Waals surface area contributed by atoms with E-state index in [9.17, 15) is 14.0 Å². The van der Waals surface area contributed by atoms with Crippen molar-refractivity contribution in [1.82, 2.24) is 14.3 Å². The third kappa shape index (κ3) is 5.87. The standard InChI is InChI=1S/C32H30FN5O4S2/c1-41-25-11-6-21(19-26(25)42-2)12-14-38-31(40)27(44-32(38)43)20-24-29(34-28-5-3-4-13-37(28)30(24)39)36-17-15-35(16-18-36)23-9-7-22(33)8-10-23/h3-11,13,19-20H,12,14-18H2,1-2H3. The third-order valence-electron chi connectivity index (χ3n) is 7.74. The van der Waals surface area contributed by atoms with Crippen LogP contribution in [0.3, 0.4) is 0 Å². The Morgan fingerprint density at radius 3 is 2.41 bits per heavy atom. The van der Waals surface area contributed by atoms with E-state index in [4.69, 9.17) is 26.7 Å². The van der Waals surface area contributed by atoms with Gasteiger partial charge in [-0.3, -0.25) is 18.9 Å². The van der Waals surface area contributed by atoms with Gasteiger partial charge < -0.3 is 19.3 Å². The number of benzene rings is 2. The van der Waals surface area contributed by atoms with Crippen LogP contribution in [0.15, 0.2) is 76.6 Å². The number of carbonyl (C=O) groups is 1. The van der Waals surface area contributed by atoms with Crippen LogP contribution >= 0.6 is 24.0 Å². The van der Waals surface area contributed by atoms with E-state index >= 15 is 0 Å². The van der Waals surface area contributed by atoms with E-state index in [-0.39, 0.29) is 17.3 Å². The van der Waals surface area contributed by atoms with Crippen LogP contribution in [0, 0.1) is 5.82 Å². The van der Waals surface area contributed by atoms with Gasteiger partial charge in [0.2, 0.25) is 0 Å². The number of carbonyl (C=O) groups excluding carboxylic acids is 1. The zero-order valence-corrected chi connectivity index (χ0v) is 25.9. The SMILES string of the molecule is COc1ccc(CCN2C(=O)C(=Cc3c(N4CCN(c5ccc(F)cc5)CC4)nc4ccccn4c3=O)SC2=S)cc1OC. The molecule has 2 fully saturated rings. The number of piperazine rings is 1. The molecule has 4 aromatic rings. The average Bonchev–Trinajstić information content (AvgIpc) is 3.32. The molecular weight excluding hydrogens is 602 g/mol. The van der Waals surface area contributed by atoms with E-state index in [0.29, 0.717) is 76.9 Å². The predicted molar refractivity (Wildman–Crippen MR) is 175 cm³/mol. The topological polar surface area (TPSA) is 79.6 Å². The number of rotatable bonds is 8. The van der Waals surface area contributed by atoms with E-state index in [1.165, 1.54) is 28.3 Å². The predicted octanol–water partition coefficient (Wildman–Crippen LogP) is 4.62. The Hall–Kier alpha value is -4.42. The van der Waals surface area contributed by atoms with Crippen LogP contribution < -0.4 is 24.8 Å². The summed E-state index contributed by atoms with van der Waals surface area (Å²) in [6.07, 6.45) is 3.86. The molecule has 9 nitrogen and oxygen atoms in total. The molecule has 44 heavy (non-hydrogen) atoms. The van der Waals surface area contributed by atoms with Crippen molar-refractivity contribution in [2.75, 3.05) is 56.7 Å². The second kappa shape index (κ2) is 12.7. The highest BCUT2D eigenvalue weighted by atomic mass is 32.2. The van der Waals surface area contributed by atoms with Gasteiger partial charge in [-0.25, -0.2) is 9.37 Å². The number of pyridine rings is 1. The third-order valence-corrected chi connectivity index (χ3v) is 9.12. The first-order chi connectivity index (χ1) is 21.4. The molecule has 0 atom stereocenters. The van der Waals surface area contributed by atoms with Gasteiger partial charge >= 0.3 is 0 Å². The summed E-state index contributed by atoms with van der Waals surface area (Å²) >= 11 is 6.78. The fourth-order valence-electron chi connectivity index (χ4n) is 5.39. The Bertz CT molecular complexity index is 1820. The molecule has 6 rings (SSSR count). The molecule has 2 aromatic heterocycles. The first kappa shape index (κ1) is 29.6. The Kier molecular flexibility index (Phi) is 8.53. The highest BCUT2D eigenvalue weighted by Crippen LogP contribution is 2.34. The van der Waals surface area contributed by atoms with E-state index in [0.717, 1.165) is 11.3 Å². The lowest BCUT2D eigenvalue weighted by Crippen LogP contribution is -2.47. The van der Waals surface area contributed by atoms with Crippen molar-refractivity contribution < 1.29 is 18.7 Å². The summed E-state index contributed by atoms with van der Waals surface area (Å²) in [6, 6.07) is 17.5. The molecule has 0 unspecified atom stereocenters. The first-order valence-corrected chi connectivity index (χ1v) is 15.3. The van der Waals surface area contributed by atoms with Gasteiger partial charge in [-0.15, -0.1) is 0 Å². The second-order valence-corrected chi connectivity index (χ2v) is 12.0. The molecule has 226 valence electrons. The molecule has 2 aliphatic heterocycles. The molecule has 0 saturated carbocycles. The molecular formula is C32H30FN5O4S2. The monoisotopic (exact) mass is 631 g/mol.